The second kappa shape index (κ2) is 8.38. The summed E-state index contributed by atoms with van der Waals surface area (Å²) in [7, 11) is 3.99. The van der Waals surface area contributed by atoms with E-state index in [0.717, 1.165) is 42.1 Å². The van der Waals surface area contributed by atoms with Crippen molar-refractivity contribution in [1.82, 2.24) is 14.9 Å². The number of aromatic nitrogens is 2. The van der Waals surface area contributed by atoms with Gasteiger partial charge in [-0.1, -0.05) is 30.3 Å². The van der Waals surface area contributed by atoms with Crippen LogP contribution in [0.3, 0.4) is 0 Å². The molecule has 1 aromatic carbocycles. The number of benzene rings is 1. The van der Waals surface area contributed by atoms with E-state index in [2.05, 4.69) is 14.9 Å². The third-order valence-corrected chi connectivity index (χ3v) is 4.37. The second-order valence-corrected chi connectivity index (χ2v) is 6.66. The van der Waals surface area contributed by atoms with Gasteiger partial charge in [-0.2, -0.15) is 0 Å². The Labute approximate surface area is 149 Å². The van der Waals surface area contributed by atoms with Gasteiger partial charge in [0.2, 0.25) is 0 Å². The number of fused-ring (bicyclic) bond motifs is 1. The maximum absolute atomic E-state index is 10.3. The summed E-state index contributed by atoms with van der Waals surface area (Å²) < 4.78 is 5.64. The average molecular weight is 342 g/mol. The first-order valence-corrected chi connectivity index (χ1v) is 8.65. The van der Waals surface area contributed by atoms with Crippen LogP contribution in [-0.2, 0) is 24.3 Å². The van der Waals surface area contributed by atoms with Crippen LogP contribution in [0.5, 0.6) is 0 Å². The Kier molecular flexibility index (Phi) is 5.96. The molecule has 25 heavy (non-hydrogen) atoms. The molecule has 2 aromatic rings. The summed E-state index contributed by atoms with van der Waals surface area (Å²) >= 11 is 0. The Morgan fingerprint density at radius 1 is 1.24 bits per heavy atom. The minimum absolute atomic E-state index is 0.337. The van der Waals surface area contributed by atoms with E-state index in [9.17, 15) is 5.11 Å². The number of β-amino-alcohol motifs (C(OH)–C–C–N with tert-alkyl or cyclic N) is 1. The molecule has 0 aliphatic carbocycles. The maximum Gasteiger partial charge on any atom is 0.136 e. The van der Waals surface area contributed by atoms with Crippen molar-refractivity contribution in [1.29, 1.82) is 0 Å². The number of ether oxygens (including phenoxy) is 1. The molecule has 2 heterocycles. The molecule has 0 radical (unpaired) electrons. The zero-order valence-electron chi connectivity index (χ0n) is 14.9. The molecule has 0 fully saturated rings. The fraction of sp³-hybridized carbons (Fsp3) is 0.474. The van der Waals surface area contributed by atoms with E-state index in [-0.39, 0.29) is 0 Å². The average Bonchev–Trinajstić information content (AvgIpc) is 2.62. The Balaban J connectivity index is 1.50. The smallest absolute Gasteiger partial charge is 0.136 e. The summed E-state index contributed by atoms with van der Waals surface area (Å²) in [6.07, 6.45) is 2.02. The number of anilines is 1. The fourth-order valence-corrected chi connectivity index (χ4v) is 3.16. The predicted octanol–water partition coefficient (Wildman–Crippen LogP) is 1.48. The van der Waals surface area contributed by atoms with E-state index >= 15 is 0 Å². The lowest BCUT2D eigenvalue weighted by atomic mass is 10.1. The molecule has 0 amide bonds. The van der Waals surface area contributed by atoms with E-state index in [1.807, 2.05) is 49.3 Å². The van der Waals surface area contributed by atoms with Crippen LogP contribution in [0.1, 0.15) is 16.8 Å². The summed E-state index contributed by atoms with van der Waals surface area (Å²) in [5.41, 5.74) is 3.40. The molecular weight excluding hydrogens is 316 g/mol. The van der Waals surface area contributed by atoms with Crippen LogP contribution in [0.25, 0.3) is 0 Å². The van der Waals surface area contributed by atoms with Crippen LogP contribution in [0.2, 0.25) is 0 Å². The van der Waals surface area contributed by atoms with E-state index < -0.39 is 6.10 Å². The van der Waals surface area contributed by atoms with Gasteiger partial charge in [0.25, 0.3) is 0 Å². The van der Waals surface area contributed by atoms with Crippen molar-refractivity contribution >= 4 is 5.82 Å². The predicted molar refractivity (Wildman–Crippen MR) is 97.4 cm³/mol. The zero-order valence-corrected chi connectivity index (χ0v) is 14.9. The third-order valence-electron chi connectivity index (χ3n) is 4.37. The van der Waals surface area contributed by atoms with Crippen LogP contribution >= 0.6 is 0 Å². The molecule has 1 aliphatic heterocycles. The van der Waals surface area contributed by atoms with Crippen molar-refractivity contribution in [3.8, 4) is 0 Å². The highest BCUT2D eigenvalue weighted by atomic mass is 16.5. The van der Waals surface area contributed by atoms with Crippen LogP contribution in [0.4, 0.5) is 5.82 Å². The molecule has 0 spiro atoms. The molecule has 1 aliphatic rings. The Morgan fingerprint density at radius 3 is 2.80 bits per heavy atom. The van der Waals surface area contributed by atoms with Gasteiger partial charge >= 0.3 is 0 Å². The number of aliphatic hydroxyl groups excluding tert-OH is 1. The molecule has 0 saturated heterocycles. The van der Waals surface area contributed by atoms with Gasteiger partial charge in [-0.05, 0) is 5.56 Å². The number of aliphatic hydroxyl groups is 1. The van der Waals surface area contributed by atoms with E-state index in [1.54, 1.807) is 6.33 Å². The highest BCUT2D eigenvalue weighted by molar-refractivity contribution is 5.48. The van der Waals surface area contributed by atoms with Gasteiger partial charge in [0, 0.05) is 45.7 Å². The Morgan fingerprint density at radius 2 is 2.04 bits per heavy atom. The molecule has 6 nitrogen and oxygen atoms in total. The highest BCUT2D eigenvalue weighted by Gasteiger charge is 2.23. The summed E-state index contributed by atoms with van der Waals surface area (Å²) in [6.45, 7) is 3.12. The Bertz CT molecular complexity index is 678. The lowest BCUT2D eigenvalue weighted by molar-refractivity contribution is 0.00764. The SMILES string of the molecule is CN(C)c1ncnc2c1CN(C[C@@H](O)COCc1ccccc1)CC2. The maximum atomic E-state index is 10.3. The summed E-state index contributed by atoms with van der Waals surface area (Å²) in [5.74, 6) is 0.963. The molecular formula is C19H26N4O2. The topological polar surface area (TPSA) is 61.7 Å². The molecule has 0 unspecified atom stereocenters. The van der Waals surface area contributed by atoms with Gasteiger partial charge in [0.15, 0.2) is 0 Å². The van der Waals surface area contributed by atoms with Crippen molar-refractivity contribution in [3.05, 3.63) is 53.5 Å². The quantitative estimate of drug-likeness (QED) is 0.822. The monoisotopic (exact) mass is 342 g/mol. The van der Waals surface area contributed by atoms with Gasteiger partial charge in [0.1, 0.15) is 12.1 Å². The number of rotatable bonds is 7. The van der Waals surface area contributed by atoms with Gasteiger partial charge in [-0.25, -0.2) is 9.97 Å². The van der Waals surface area contributed by atoms with Crippen molar-refractivity contribution in [2.45, 2.75) is 25.7 Å². The third kappa shape index (κ3) is 4.75. The normalized spacial score (nSPS) is 15.6. The molecule has 1 N–H and O–H groups in total. The summed E-state index contributed by atoms with van der Waals surface area (Å²) in [5, 5.41) is 10.3. The van der Waals surface area contributed by atoms with Crippen molar-refractivity contribution in [2.75, 3.05) is 38.7 Å². The van der Waals surface area contributed by atoms with Gasteiger partial charge in [-0.3, -0.25) is 4.90 Å². The van der Waals surface area contributed by atoms with E-state index in [4.69, 9.17) is 4.74 Å². The lowest BCUT2D eigenvalue weighted by Crippen LogP contribution is -2.39. The van der Waals surface area contributed by atoms with Crippen molar-refractivity contribution < 1.29 is 9.84 Å². The first-order chi connectivity index (χ1) is 12.1. The highest BCUT2D eigenvalue weighted by Crippen LogP contribution is 2.24. The van der Waals surface area contributed by atoms with Gasteiger partial charge < -0.3 is 14.7 Å². The van der Waals surface area contributed by atoms with E-state index in [1.165, 1.54) is 0 Å². The summed E-state index contributed by atoms with van der Waals surface area (Å²) in [6, 6.07) is 10.0. The minimum Gasteiger partial charge on any atom is -0.389 e. The second-order valence-electron chi connectivity index (χ2n) is 6.66. The van der Waals surface area contributed by atoms with Crippen LogP contribution in [-0.4, -0.2) is 59.9 Å². The Hall–Kier alpha value is -2.02. The van der Waals surface area contributed by atoms with Gasteiger partial charge in [-0.15, -0.1) is 0 Å². The molecule has 6 heteroatoms. The molecule has 0 bridgehead atoms. The zero-order chi connectivity index (χ0) is 17.6. The number of nitrogens with zero attached hydrogens (tertiary/aromatic N) is 4. The molecule has 1 atom stereocenters. The van der Waals surface area contributed by atoms with Crippen LogP contribution in [0.15, 0.2) is 36.7 Å². The van der Waals surface area contributed by atoms with Crippen molar-refractivity contribution in [2.24, 2.45) is 0 Å². The first-order valence-electron chi connectivity index (χ1n) is 8.65. The van der Waals surface area contributed by atoms with Gasteiger partial charge in [0.05, 0.1) is 25.0 Å². The standard InChI is InChI=1S/C19H26N4O2/c1-22(2)19-17-11-23(9-8-18(17)20-14-21-19)10-16(24)13-25-12-15-6-4-3-5-7-15/h3-7,14,16,24H,8-13H2,1-2H3/t16-/m1/s1. The largest absolute Gasteiger partial charge is 0.389 e. The fourth-order valence-electron chi connectivity index (χ4n) is 3.16. The minimum atomic E-state index is -0.502. The molecule has 0 saturated carbocycles. The molecule has 134 valence electrons. The van der Waals surface area contributed by atoms with Crippen molar-refractivity contribution in [3.63, 3.8) is 0 Å². The number of hydrogen-bond acceptors (Lipinski definition) is 6. The van der Waals surface area contributed by atoms with E-state index in [0.29, 0.717) is 19.8 Å². The molecule has 3 rings (SSSR count). The first kappa shape index (κ1) is 17.8. The van der Waals surface area contributed by atoms with Crippen LogP contribution in [0, 0.1) is 0 Å². The van der Waals surface area contributed by atoms with Crippen LogP contribution < -0.4 is 4.90 Å². The number of hydrogen-bond donors (Lipinski definition) is 1. The summed E-state index contributed by atoms with van der Waals surface area (Å²) in [4.78, 5) is 13.1. The molecule has 1 aromatic heterocycles. The lowest BCUT2D eigenvalue weighted by Gasteiger charge is -2.31.